The molecule has 1 atom stereocenters. The van der Waals surface area contributed by atoms with Gasteiger partial charge in [-0.1, -0.05) is 23.5 Å². The number of nitriles is 1. The predicted octanol–water partition coefficient (Wildman–Crippen LogP) is 2.38. The van der Waals surface area contributed by atoms with E-state index in [0.29, 0.717) is 21.0 Å². The summed E-state index contributed by atoms with van der Waals surface area (Å²) in [6.45, 7) is 0. The first-order chi connectivity index (χ1) is 12.5. The number of aromatic nitrogens is 2. The van der Waals surface area contributed by atoms with Gasteiger partial charge in [0, 0.05) is 7.05 Å². The monoisotopic (exact) mass is 369 g/mol. The molecule has 26 heavy (non-hydrogen) atoms. The quantitative estimate of drug-likeness (QED) is 0.638. The van der Waals surface area contributed by atoms with Crippen molar-refractivity contribution in [3.8, 4) is 11.8 Å². The number of rotatable bonds is 2. The van der Waals surface area contributed by atoms with Crippen LogP contribution in [0.3, 0.4) is 0 Å². The molecule has 1 unspecified atom stereocenters. The molecule has 1 aliphatic rings. The summed E-state index contributed by atoms with van der Waals surface area (Å²) in [5, 5.41) is 13.1. The lowest BCUT2D eigenvalue weighted by Gasteiger charge is -2.25. The maximum Gasteiger partial charge on any atom is 0.257 e. The molecule has 7 nitrogen and oxygen atoms in total. The van der Waals surface area contributed by atoms with Crippen LogP contribution in [0.25, 0.3) is 10.3 Å². The van der Waals surface area contributed by atoms with Crippen LogP contribution in [-0.2, 0) is 0 Å². The number of anilines is 1. The molecule has 0 saturated carbocycles. The minimum Gasteiger partial charge on any atom is -0.438 e. The average Bonchev–Trinajstić information content (AvgIpc) is 3.04. The van der Waals surface area contributed by atoms with Crippen LogP contribution < -0.4 is 21.3 Å². The van der Waals surface area contributed by atoms with Gasteiger partial charge in [-0.25, -0.2) is 9.37 Å². The third-order valence-electron chi connectivity index (χ3n) is 4.15. The number of nitrogens with one attached hydrogen (secondary N) is 2. The smallest absolute Gasteiger partial charge is 0.257 e. The normalized spacial score (nSPS) is 16.1. The van der Waals surface area contributed by atoms with Gasteiger partial charge in [-0.05, 0) is 17.7 Å². The highest BCUT2D eigenvalue weighted by atomic mass is 32.1. The molecule has 1 aliphatic heterocycles. The van der Waals surface area contributed by atoms with Gasteiger partial charge in [0.05, 0.1) is 11.5 Å². The number of hydrogen-bond donors (Lipinski definition) is 3. The zero-order valence-corrected chi connectivity index (χ0v) is 14.3. The first kappa shape index (κ1) is 16.1. The molecule has 4 N–H and O–H groups in total. The minimum atomic E-state index is -0.752. The summed E-state index contributed by atoms with van der Waals surface area (Å²) in [6.07, 6.45) is 0. The summed E-state index contributed by atoms with van der Waals surface area (Å²) in [5.74, 6) is -0.978. The number of ether oxygens (including phenoxy) is 1. The lowest BCUT2D eigenvalue weighted by molar-refractivity contribution is 0.397. The van der Waals surface area contributed by atoms with Gasteiger partial charge in [-0.2, -0.15) is 5.26 Å². The van der Waals surface area contributed by atoms with Gasteiger partial charge in [0.25, 0.3) is 5.56 Å². The van der Waals surface area contributed by atoms with E-state index in [-0.39, 0.29) is 22.8 Å². The number of H-pyrrole nitrogens is 1. The van der Waals surface area contributed by atoms with E-state index in [0.717, 1.165) is 0 Å². The Balaban J connectivity index is 2.05. The van der Waals surface area contributed by atoms with Gasteiger partial charge in [-0.3, -0.25) is 4.79 Å². The highest BCUT2D eigenvalue weighted by Crippen LogP contribution is 2.44. The molecule has 0 radical (unpaired) electrons. The van der Waals surface area contributed by atoms with Gasteiger partial charge < -0.3 is 20.8 Å². The second-order valence-electron chi connectivity index (χ2n) is 5.62. The molecule has 9 heteroatoms. The summed E-state index contributed by atoms with van der Waals surface area (Å²) < 4.78 is 19.6. The molecule has 0 fully saturated rings. The third kappa shape index (κ3) is 2.31. The topological polar surface area (TPSA) is 117 Å². The third-order valence-corrected chi connectivity index (χ3v) is 5.22. The van der Waals surface area contributed by atoms with E-state index in [4.69, 9.17) is 10.5 Å². The predicted molar refractivity (Wildman–Crippen MR) is 95.5 cm³/mol. The van der Waals surface area contributed by atoms with Crippen molar-refractivity contribution in [3.63, 3.8) is 0 Å². The Labute approximate surface area is 150 Å². The Kier molecular flexibility index (Phi) is 3.63. The van der Waals surface area contributed by atoms with Crippen molar-refractivity contribution < 1.29 is 9.13 Å². The molecule has 130 valence electrons. The molecule has 1 aromatic carbocycles. The van der Waals surface area contributed by atoms with Crippen molar-refractivity contribution in [2.45, 2.75) is 5.92 Å². The summed E-state index contributed by atoms with van der Waals surface area (Å²) >= 11 is 1.29. The maximum absolute atomic E-state index is 13.3. The molecule has 2 aromatic heterocycles. The van der Waals surface area contributed by atoms with Crippen molar-refractivity contribution in [1.29, 1.82) is 5.26 Å². The first-order valence-electron chi connectivity index (χ1n) is 7.61. The van der Waals surface area contributed by atoms with Gasteiger partial charge in [0.2, 0.25) is 5.88 Å². The van der Waals surface area contributed by atoms with E-state index in [2.05, 4.69) is 15.3 Å². The van der Waals surface area contributed by atoms with Gasteiger partial charge in [0.15, 0.2) is 16.5 Å². The van der Waals surface area contributed by atoms with E-state index in [9.17, 15) is 14.4 Å². The zero-order valence-electron chi connectivity index (χ0n) is 13.5. The van der Waals surface area contributed by atoms with Gasteiger partial charge in [-0.15, -0.1) is 0 Å². The van der Waals surface area contributed by atoms with E-state index < -0.39 is 17.3 Å². The maximum atomic E-state index is 13.3. The lowest BCUT2D eigenvalue weighted by Crippen LogP contribution is -2.27. The van der Waals surface area contributed by atoms with Crippen molar-refractivity contribution in [2.75, 3.05) is 12.4 Å². The van der Waals surface area contributed by atoms with Crippen LogP contribution in [0, 0.1) is 17.1 Å². The van der Waals surface area contributed by atoms with Crippen LogP contribution in [0.5, 0.6) is 5.75 Å². The second kappa shape index (κ2) is 5.86. The number of fused-ring (bicyclic) bond motifs is 3. The van der Waals surface area contributed by atoms with Crippen molar-refractivity contribution >= 4 is 26.8 Å². The number of halogens is 1. The van der Waals surface area contributed by atoms with Crippen LogP contribution in [-0.4, -0.2) is 17.0 Å². The molecule has 0 bridgehead atoms. The standard InChI is InChI=1S/C17H12FN5O2S/c1-21-17-23-15-13(26-17)12-11(16(24)22-15)10(9(6-19)14(20)25-12)7-2-4-8(18)5-3-7/h2-5,10H,20H2,1H3,(H2,21,22,23,24). The fraction of sp³-hybridized carbons (Fsp3) is 0.118. The first-order valence-corrected chi connectivity index (χ1v) is 8.42. The van der Waals surface area contributed by atoms with Crippen LogP contribution in [0.15, 0.2) is 40.5 Å². The highest BCUT2D eigenvalue weighted by molar-refractivity contribution is 7.22. The van der Waals surface area contributed by atoms with Crippen LogP contribution in [0.1, 0.15) is 17.0 Å². The molecule has 3 aromatic rings. The van der Waals surface area contributed by atoms with Gasteiger partial charge in [0.1, 0.15) is 22.2 Å². The molecule has 0 spiro atoms. The van der Waals surface area contributed by atoms with Crippen molar-refractivity contribution in [3.05, 3.63) is 63.0 Å². The van der Waals surface area contributed by atoms with Crippen LogP contribution in [0.2, 0.25) is 0 Å². The number of benzene rings is 1. The van der Waals surface area contributed by atoms with E-state index >= 15 is 0 Å². The largest absolute Gasteiger partial charge is 0.438 e. The Hall–Kier alpha value is -3.38. The number of aromatic amines is 1. The number of thiazole rings is 1. The van der Waals surface area contributed by atoms with Gasteiger partial charge >= 0.3 is 0 Å². The van der Waals surface area contributed by atoms with E-state index in [1.807, 2.05) is 6.07 Å². The lowest BCUT2D eigenvalue weighted by atomic mass is 9.84. The summed E-state index contributed by atoms with van der Waals surface area (Å²) in [5.41, 5.74) is 6.82. The van der Waals surface area contributed by atoms with Crippen LogP contribution >= 0.6 is 11.3 Å². The Morgan fingerprint density at radius 1 is 1.42 bits per heavy atom. The number of hydrogen-bond acceptors (Lipinski definition) is 7. The Bertz CT molecular complexity index is 1160. The summed E-state index contributed by atoms with van der Waals surface area (Å²) in [6, 6.07) is 7.60. The molecule has 0 saturated heterocycles. The fourth-order valence-corrected chi connectivity index (χ4v) is 3.86. The second-order valence-corrected chi connectivity index (χ2v) is 6.62. The van der Waals surface area contributed by atoms with E-state index in [1.54, 1.807) is 7.05 Å². The molecule has 4 rings (SSSR count). The SMILES string of the molecule is CNc1nc2[nH]c(=O)c3c(c2s1)OC(N)=C(C#N)C3c1ccc(F)cc1. The Morgan fingerprint density at radius 2 is 2.15 bits per heavy atom. The number of nitrogens with two attached hydrogens (primary N) is 1. The summed E-state index contributed by atoms with van der Waals surface area (Å²) in [7, 11) is 1.71. The molecular weight excluding hydrogens is 357 g/mol. The van der Waals surface area contributed by atoms with Crippen LogP contribution in [0.4, 0.5) is 9.52 Å². The molecular formula is C17H12FN5O2S. The summed E-state index contributed by atoms with van der Waals surface area (Å²) in [4.78, 5) is 19.8. The number of nitrogens with zero attached hydrogens (tertiary/aromatic N) is 2. The molecule has 0 amide bonds. The average molecular weight is 369 g/mol. The van der Waals surface area contributed by atoms with Crippen molar-refractivity contribution in [2.24, 2.45) is 5.73 Å². The van der Waals surface area contributed by atoms with Crippen molar-refractivity contribution in [1.82, 2.24) is 9.97 Å². The molecule has 0 aliphatic carbocycles. The number of pyridine rings is 1. The van der Waals surface area contributed by atoms with E-state index in [1.165, 1.54) is 35.6 Å². The number of allylic oxidation sites excluding steroid dienone is 1. The zero-order chi connectivity index (χ0) is 18.4. The fourth-order valence-electron chi connectivity index (χ4n) is 2.99. The Morgan fingerprint density at radius 3 is 2.81 bits per heavy atom. The molecule has 3 heterocycles. The highest BCUT2D eigenvalue weighted by Gasteiger charge is 2.35. The minimum absolute atomic E-state index is 0.0827.